The average Bonchev–Trinajstić information content (AvgIpc) is 2.93. The van der Waals surface area contributed by atoms with Crippen molar-refractivity contribution < 1.29 is 9.26 Å². The van der Waals surface area contributed by atoms with Gasteiger partial charge in [0, 0.05) is 31.8 Å². The molecule has 0 aliphatic carbocycles. The molecule has 2 aromatic heterocycles. The fourth-order valence-corrected chi connectivity index (χ4v) is 3.63. The van der Waals surface area contributed by atoms with Gasteiger partial charge in [-0.05, 0) is 44.5 Å². The second-order valence-electron chi connectivity index (χ2n) is 6.86. The van der Waals surface area contributed by atoms with Gasteiger partial charge in [0.25, 0.3) is 0 Å². The first-order valence-corrected chi connectivity index (χ1v) is 9.42. The Labute approximate surface area is 155 Å². The van der Waals surface area contributed by atoms with Gasteiger partial charge < -0.3 is 9.26 Å². The van der Waals surface area contributed by atoms with Crippen LogP contribution in [0.3, 0.4) is 0 Å². The van der Waals surface area contributed by atoms with E-state index in [1.54, 1.807) is 7.11 Å². The highest BCUT2D eigenvalue weighted by atomic mass is 16.5. The molecule has 0 aromatic carbocycles. The maximum absolute atomic E-state index is 5.14. The molecule has 7 heteroatoms. The lowest BCUT2D eigenvalue weighted by molar-refractivity contribution is 0.170. The number of aryl methyl sites for hydroxylation is 1. The molecule has 0 bridgehead atoms. The molecule has 0 saturated carbocycles. The number of aromatic nitrogens is 3. The van der Waals surface area contributed by atoms with Gasteiger partial charge in [-0.2, -0.15) is 4.98 Å². The minimum Gasteiger partial charge on any atom is -0.481 e. The lowest BCUT2D eigenvalue weighted by atomic mass is 10.1. The van der Waals surface area contributed by atoms with Crippen LogP contribution in [0.1, 0.15) is 43.5 Å². The van der Waals surface area contributed by atoms with Gasteiger partial charge in [0.05, 0.1) is 13.7 Å². The van der Waals surface area contributed by atoms with Gasteiger partial charge in [-0.25, -0.2) is 4.98 Å². The number of ether oxygens (including phenoxy) is 1. The zero-order chi connectivity index (χ0) is 18.4. The topological polar surface area (TPSA) is 67.5 Å². The van der Waals surface area contributed by atoms with Crippen molar-refractivity contribution in [2.45, 2.75) is 52.2 Å². The van der Waals surface area contributed by atoms with E-state index in [0.29, 0.717) is 17.8 Å². The molecule has 1 aliphatic rings. The van der Waals surface area contributed by atoms with Gasteiger partial charge in [-0.15, -0.1) is 0 Å². The van der Waals surface area contributed by atoms with E-state index in [1.165, 1.54) is 18.4 Å². The van der Waals surface area contributed by atoms with Crippen molar-refractivity contribution in [2.75, 3.05) is 26.7 Å². The van der Waals surface area contributed by atoms with E-state index < -0.39 is 0 Å². The summed E-state index contributed by atoms with van der Waals surface area (Å²) in [5.74, 6) is 2.09. The molecule has 3 heterocycles. The van der Waals surface area contributed by atoms with Crippen molar-refractivity contribution >= 4 is 0 Å². The molecule has 0 spiro atoms. The maximum Gasteiger partial charge on any atom is 0.223 e. The van der Waals surface area contributed by atoms with Crippen LogP contribution in [0.4, 0.5) is 0 Å². The SMILES string of the molecule is CCN(Cc1noc(C)n1)C1CCCN(Cc2ccc(OC)nc2)CC1. The predicted molar refractivity (Wildman–Crippen MR) is 98.8 cm³/mol. The Hall–Kier alpha value is -1.99. The quantitative estimate of drug-likeness (QED) is 0.753. The Kier molecular flexibility index (Phi) is 6.57. The molecule has 3 rings (SSSR count). The Morgan fingerprint density at radius 1 is 1.31 bits per heavy atom. The number of likely N-dealkylation sites (tertiary alicyclic amines) is 1. The first-order valence-electron chi connectivity index (χ1n) is 9.42. The Morgan fingerprint density at radius 2 is 2.19 bits per heavy atom. The second-order valence-corrected chi connectivity index (χ2v) is 6.86. The molecule has 142 valence electrons. The molecule has 1 atom stereocenters. The monoisotopic (exact) mass is 359 g/mol. The van der Waals surface area contributed by atoms with E-state index >= 15 is 0 Å². The molecule has 1 saturated heterocycles. The molecule has 26 heavy (non-hydrogen) atoms. The van der Waals surface area contributed by atoms with Crippen LogP contribution in [0.5, 0.6) is 5.88 Å². The summed E-state index contributed by atoms with van der Waals surface area (Å²) in [6, 6.07) is 4.60. The lowest BCUT2D eigenvalue weighted by Gasteiger charge is -2.29. The van der Waals surface area contributed by atoms with Crippen molar-refractivity contribution in [3.8, 4) is 5.88 Å². The van der Waals surface area contributed by atoms with Crippen LogP contribution in [0.15, 0.2) is 22.9 Å². The molecule has 1 unspecified atom stereocenters. The molecule has 0 amide bonds. The summed E-state index contributed by atoms with van der Waals surface area (Å²) in [4.78, 5) is 13.7. The zero-order valence-corrected chi connectivity index (χ0v) is 16.0. The second kappa shape index (κ2) is 9.09. The fraction of sp³-hybridized carbons (Fsp3) is 0.632. The first kappa shape index (κ1) is 18.8. The van der Waals surface area contributed by atoms with E-state index in [2.05, 4.69) is 37.9 Å². The first-order chi connectivity index (χ1) is 12.7. The highest BCUT2D eigenvalue weighted by molar-refractivity contribution is 5.17. The van der Waals surface area contributed by atoms with Gasteiger partial charge in [0.1, 0.15) is 0 Å². The molecule has 2 aromatic rings. The molecule has 0 N–H and O–H groups in total. The summed E-state index contributed by atoms with van der Waals surface area (Å²) in [6.45, 7) is 8.98. The number of methoxy groups -OCH3 is 1. The number of hydrogen-bond donors (Lipinski definition) is 0. The third-order valence-electron chi connectivity index (χ3n) is 5.04. The van der Waals surface area contributed by atoms with E-state index in [4.69, 9.17) is 9.26 Å². The van der Waals surface area contributed by atoms with E-state index in [9.17, 15) is 0 Å². The fourth-order valence-electron chi connectivity index (χ4n) is 3.63. The molecule has 7 nitrogen and oxygen atoms in total. The normalized spacial score (nSPS) is 18.8. The number of pyridine rings is 1. The van der Waals surface area contributed by atoms with Crippen LogP contribution in [0.25, 0.3) is 0 Å². The molecular weight excluding hydrogens is 330 g/mol. The third-order valence-corrected chi connectivity index (χ3v) is 5.04. The summed E-state index contributed by atoms with van der Waals surface area (Å²) in [5, 5.41) is 4.05. The Morgan fingerprint density at radius 3 is 2.85 bits per heavy atom. The van der Waals surface area contributed by atoms with Crippen molar-refractivity contribution in [3.05, 3.63) is 35.6 Å². The van der Waals surface area contributed by atoms with E-state index in [-0.39, 0.29) is 0 Å². The molecular formula is C19H29N5O2. The number of nitrogens with zero attached hydrogens (tertiary/aromatic N) is 5. The van der Waals surface area contributed by atoms with Crippen molar-refractivity contribution in [2.24, 2.45) is 0 Å². The highest BCUT2D eigenvalue weighted by Gasteiger charge is 2.23. The number of hydrogen-bond acceptors (Lipinski definition) is 7. The van der Waals surface area contributed by atoms with Crippen LogP contribution in [-0.4, -0.2) is 57.7 Å². The van der Waals surface area contributed by atoms with Crippen molar-refractivity contribution in [1.29, 1.82) is 0 Å². The standard InChI is InChI=1S/C19H29N5O2/c1-4-24(14-18-21-15(2)26-22-18)17-6-5-10-23(11-9-17)13-16-7-8-19(25-3)20-12-16/h7-8,12,17H,4-6,9-11,13-14H2,1-3H3. The van der Waals surface area contributed by atoms with Crippen molar-refractivity contribution in [1.82, 2.24) is 24.9 Å². The summed E-state index contributed by atoms with van der Waals surface area (Å²) in [6.07, 6.45) is 5.49. The van der Waals surface area contributed by atoms with Crippen LogP contribution in [0.2, 0.25) is 0 Å². The van der Waals surface area contributed by atoms with Gasteiger partial charge in [-0.1, -0.05) is 18.1 Å². The maximum atomic E-state index is 5.14. The Balaban J connectivity index is 1.54. The zero-order valence-electron chi connectivity index (χ0n) is 16.0. The van der Waals surface area contributed by atoms with Gasteiger partial charge in [0.2, 0.25) is 11.8 Å². The average molecular weight is 359 g/mol. The lowest BCUT2D eigenvalue weighted by Crippen LogP contribution is -2.36. The summed E-state index contributed by atoms with van der Waals surface area (Å²) in [7, 11) is 1.65. The molecule has 1 fully saturated rings. The molecule has 0 radical (unpaired) electrons. The third kappa shape index (κ3) is 5.02. The summed E-state index contributed by atoms with van der Waals surface area (Å²) in [5.41, 5.74) is 1.24. The number of rotatable bonds is 7. The van der Waals surface area contributed by atoms with Crippen molar-refractivity contribution in [3.63, 3.8) is 0 Å². The van der Waals surface area contributed by atoms with Crippen LogP contribution >= 0.6 is 0 Å². The van der Waals surface area contributed by atoms with Gasteiger partial charge >= 0.3 is 0 Å². The summed E-state index contributed by atoms with van der Waals surface area (Å²) >= 11 is 0. The van der Waals surface area contributed by atoms with Crippen LogP contribution < -0.4 is 4.74 Å². The Bertz CT molecular complexity index is 673. The minimum absolute atomic E-state index is 0.567. The molecule has 1 aliphatic heterocycles. The summed E-state index contributed by atoms with van der Waals surface area (Å²) < 4.78 is 10.2. The highest BCUT2D eigenvalue weighted by Crippen LogP contribution is 2.20. The van der Waals surface area contributed by atoms with Gasteiger partial charge in [-0.3, -0.25) is 9.80 Å². The van der Waals surface area contributed by atoms with E-state index in [0.717, 1.165) is 45.0 Å². The smallest absolute Gasteiger partial charge is 0.223 e. The van der Waals surface area contributed by atoms with Crippen LogP contribution in [0, 0.1) is 6.92 Å². The van der Waals surface area contributed by atoms with Gasteiger partial charge in [0.15, 0.2) is 5.82 Å². The predicted octanol–water partition coefficient (Wildman–Crippen LogP) is 2.66. The van der Waals surface area contributed by atoms with E-state index in [1.807, 2.05) is 19.2 Å². The minimum atomic E-state index is 0.567. The largest absolute Gasteiger partial charge is 0.481 e. The van der Waals surface area contributed by atoms with Crippen LogP contribution in [-0.2, 0) is 13.1 Å².